The van der Waals surface area contributed by atoms with Crippen LogP contribution in [0.3, 0.4) is 0 Å². The standard InChI is InChI=1S/C16H11ClN2OS/c17-11-5-6-14-13(9-11)18-16(15-4-2-8-21-15)19(14)10-12-3-1-7-20-12/h1-9H,10H2. The second kappa shape index (κ2) is 5.06. The van der Waals surface area contributed by atoms with Crippen LogP contribution in [0, 0.1) is 0 Å². The number of benzene rings is 1. The molecule has 4 aromatic rings. The van der Waals surface area contributed by atoms with E-state index < -0.39 is 0 Å². The minimum Gasteiger partial charge on any atom is -0.467 e. The summed E-state index contributed by atoms with van der Waals surface area (Å²) in [6.45, 7) is 0.651. The highest BCUT2D eigenvalue weighted by atomic mass is 35.5. The Morgan fingerprint density at radius 3 is 2.90 bits per heavy atom. The van der Waals surface area contributed by atoms with Gasteiger partial charge in [-0.1, -0.05) is 17.7 Å². The number of hydrogen-bond acceptors (Lipinski definition) is 3. The van der Waals surface area contributed by atoms with E-state index in [2.05, 4.69) is 16.0 Å². The maximum absolute atomic E-state index is 6.08. The zero-order valence-corrected chi connectivity index (χ0v) is 12.6. The number of rotatable bonds is 3. The number of hydrogen-bond donors (Lipinski definition) is 0. The van der Waals surface area contributed by atoms with Gasteiger partial charge in [0.15, 0.2) is 5.82 Å². The predicted molar refractivity (Wildman–Crippen MR) is 85.9 cm³/mol. The summed E-state index contributed by atoms with van der Waals surface area (Å²) < 4.78 is 7.64. The number of nitrogens with zero attached hydrogens (tertiary/aromatic N) is 2. The molecule has 0 fully saturated rings. The first-order chi connectivity index (χ1) is 10.3. The second-order valence-corrected chi connectivity index (χ2v) is 6.10. The van der Waals surface area contributed by atoms with Crippen LogP contribution in [0.4, 0.5) is 0 Å². The van der Waals surface area contributed by atoms with E-state index in [0.717, 1.165) is 27.5 Å². The molecule has 0 unspecified atom stereocenters. The van der Waals surface area contributed by atoms with Gasteiger partial charge in [0.05, 0.1) is 28.7 Å². The van der Waals surface area contributed by atoms with Gasteiger partial charge in [0.2, 0.25) is 0 Å². The van der Waals surface area contributed by atoms with E-state index in [1.54, 1.807) is 17.6 Å². The molecular formula is C16H11ClN2OS. The molecule has 104 valence electrons. The molecule has 0 aliphatic carbocycles. The van der Waals surface area contributed by atoms with Crippen LogP contribution >= 0.6 is 22.9 Å². The van der Waals surface area contributed by atoms with E-state index >= 15 is 0 Å². The molecule has 0 spiro atoms. The molecule has 3 heterocycles. The molecule has 5 heteroatoms. The van der Waals surface area contributed by atoms with Crippen molar-refractivity contribution in [2.24, 2.45) is 0 Å². The molecule has 21 heavy (non-hydrogen) atoms. The third-order valence-corrected chi connectivity index (χ3v) is 4.45. The molecule has 0 saturated carbocycles. The Bertz CT molecular complexity index is 879. The molecule has 4 rings (SSSR count). The van der Waals surface area contributed by atoms with Gasteiger partial charge in [-0.25, -0.2) is 4.98 Å². The largest absolute Gasteiger partial charge is 0.467 e. The van der Waals surface area contributed by atoms with E-state index in [1.165, 1.54) is 0 Å². The van der Waals surface area contributed by atoms with E-state index in [1.807, 2.05) is 36.4 Å². The highest BCUT2D eigenvalue weighted by Gasteiger charge is 2.14. The maximum Gasteiger partial charge on any atom is 0.151 e. The van der Waals surface area contributed by atoms with Crippen molar-refractivity contribution in [2.75, 3.05) is 0 Å². The van der Waals surface area contributed by atoms with Crippen LogP contribution in [0.15, 0.2) is 58.5 Å². The average Bonchev–Trinajstić information content (AvgIpc) is 3.19. The number of halogens is 1. The summed E-state index contributed by atoms with van der Waals surface area (Å²) in [5.74, 6) is 1.85. The van der Waals surface area contributed by atoms with Crippen LogP contribution in [-0.2, 0) is 6.54 Å². The normalized spacial score (nSPS) is 11.3. The van der Waals surface area contributed by atoms with Gasteiger partial charge in [0.25, 0.3) is 0 Å². The van der Waals surface area contributed by atoms with Crippen molar-refractivity contribution >= 4 is 34.0 Å². The highest BCUT2D eigenvalue weighted by Crippen LogP contribution is 2.30. The molecule has 0 amide bonds. The molecule has 0 aliphatic heterocycles. The van der Waals surface area contributed by atoms with Crippen molar-refractivity contribution in [3.05, 3.63) is 64.9 Å². The van der Waals surface area contributed by atoms with Crippen LogP contribution in [0.2, 0.25) is 5.02 Å². The lowest BCUT2D eigenvalue weighted by Crippen LogP contribution is -2.00. The summed E-state index contributed by atoms with van der Waals surface area (Å²) >= 11 is 7.76. The van der Waals surface area contributed by atoms with Gasteiger partial charge in [-0.05, 0) is 41.8 Å². The van der Waals surface area contributed by atoms with E-state index in [4.69, 9.17) is 21.0 Å². The van der Waals surface area contributed by atoms with Gasteiger partial charge in [-0.15, -0.1) is 11.3 Å². The van der Waals surface area contributed by atoms with Crippen LogP contribution in [0.25, 0.3) is 21.7 Å². The zero-order chi connectivity index (χ0) is 14.2. The van der Waals surface area contributed by atoms with Crippen molar-refractivity contribution in [3.63, 3.8) is 0 Å². The van der Waals surface area contributed by atoms with Crippen molar-refractivity contribution in [2.45, 2.75) is 6.54 Å². The molecule has 3 aromatic heterocycles. The lowest BCUT2D eigenvalue weighted by molar-refractivity contribution is 0.497. The number of thiophene rings is 1. The Balaban J connectivity index is 1.94. The van der Waals surface area contributed by atoms with Gasteiger partial charge < -0.3 is 8.98 Å². The van der Waals surface area contributed by atoms with E-state index in [-0.39, 0.29) is 0 Å². The molecule has 0 N–H and O–H groups in total. The van der Waals surface area contributed by atoms with Crippen LogP contribution in [0.1, 0.15) is 5.76 Å². The van der Waals surface area contributed by atoms with Crippen LogP contribution < -0.4 is 0 Å². The molecule has 0 atom stereocenters. The monoisotopic (exact) mass is 314 g/mol. The van der Waals surface area contributed by atoms with Crippen LogP contribution in [0.5, 0.6) is 0 Å². The third kappa shape index (κ3) is 2.26. The van der Waals surface area contributed by atoms with Gasteiger partial charge in [0.1, 0.15) is 5.76 Å². The van der Waals surface area contributed by atoms with Gasteiger partial charge >= 0.3 is 0 Å². The minimum absolute atomic E-state index is 0.651. The summed E-state index contributed by atoms with van der Waals surface area (Å²) in [6, 6.07) is 13.8. The topological polar surface area (TPSA) is 31.0 Å². The Hall–Kier alpha value is -2.04. The van der Waals surface area contributed by atoms with Gasteiger partial charge in [-0.2, -0.15) is 0 Å². The summed E-state index contributed by atoms with van der Waals surface area (Å²) in [4.78, 5) is 5.88. The highest BCUT2D eigenvalue weighted by molar-refractivity contribution is 7.13. The lowest BCUT2D eigenvalue weighted by atomic mass is 10.3. The number of imidazole rings is 1. The molecule has 0 aliphatic rings. The van der Waals surface area contributed by atoms with Crippen LogP contribution in [-0.4, -0.2) is 9.55 Å². The molecule has 0 bridgehead atoms. The lowest BCUT2D eigenvalue weighted by Gasteiger charge is -2.06. The molecular weight excluding hydrogens is 304 g/mol. The molecule has 0 radical (unpaired) electrons. The number of aromatic nitrogens is 2. The Morgan fingerprint density at radius 1 is 1.19 bits per heavy atom. The SMILES string of the molecule is Clc1ccc2c(c1)nc(-c1cccs1)n2Cc1ccco1. The predicted octanol–water partition coefficient (Wildman–Crippen LogP) is 5.06. The third-order valence-electron chi connectivity index (χ3n) is 3.35. The summed E-state index contributed by atoms with van der Waals surface area (Å²) in [6.07, 6.45) is 1.69. The smallest absolute Gasteiger partial charge is 0.151 e. The van der Waals surface area contributed by atoms with Gasteiger partial charge in [-0.3, -0.25) is 0 Å². The first kappa shape index (κ1) is 12.7. The molecule has 0 saturated heterocycles. The molecule has 1 aromatic carbocycles. The first-order valence-corrected chi connectivity index (χ1v) is 7.79. The second-order valence-electron chi connectivity index (χ2n) is 4.71. The van der Waals surface area contributed by atoms with E-state index in [0.29, 0.717) is 11.6 Å². The van der Waals surface area contributed by atoms with E-state index in [9.17, 15) is 0 Å². The Labute approximate surface area is 130 Å². The Kier molecular flexibility index (Phi) is 3.05. The fourth-order valence-corrected chi connectivity index (χ4v) is 3.30. The van der Waals surface area contributed by atoms with Crippen molar-refractivity contribution < 1.29 is 4.42 Å². The molecule has 3 nitrogen and oxygen atoms in total. The zero-order valence-electron chi connectivity index (χ0n) is 11.0. The fourth-order valence-electron chi connectivity index (χ4n) is 2.42. The fraction of sp³-hybridized carbons (Fsp3) is 0.0625. The summed E-state index contributed by atoms with van der Waals surface area (Å²) in [5, 5.41) is 2.75. The number of furan rings is 1. The minimum atomic E-state index is 0.651. The average molecular weight is 315 g/mol. The van der Waals surface area contributed by atoms with Crippen molar-refractivity contribution in [3.8, 4) is 10.7 Å². The first-order valence-electron chi connectivity index (χ1n) is 6.53. The maximum atomic E-state index is 6.08. The quantitative estimate of drug-likeness (QED) is 0.529. The summed E-state index contributed by atoms with van der Waals surface area (Å²) in [5.41, 5.74) is 1.96. The van der Waals surface area contributed by atoms with Gasteiger partial charge in [0, 0.05) is 5.02 Å². The number of fused-ring (bicyclic) bond motifs is 1. The van der Waals surface area contributed by atoms with Crippen molar-refractivity contribution in [1.82, 2.24) is 9.55 Å². The summed E-state index contributed by atoms with van der Waals surface area (Å²) in [7, 11) is 0. The van der Waals surface area contributed by atoms with Crippen molar-refractivity contribution in [1.29, 1.82) is 0 Å². The Morgan fingerprint density at radius 2 is 2.14 bits per heavy atom.